The van der Waals surface area contributed by atoms with Gasteiger partial charge in [-0.05, 0) is 43.2 Å². The Morgan fingerprint density at radius 2 is 1.68 bits per heavy atom. The van der Waals surface area contributed by atoms with Crippen LogP contribution in [0, 0.1) is 0 Å². The summed E-state index contributed by atoms with van der Waals surface area (Å²) in [4.78, 5) is 37.2. The van der Waals surface area contributed by atoms with Crippen LogP contribution in [0.1, 0.15) is 35.3 Å². The average Bonchev–Trinajstić information content (AvgIpc) is 2.68. The lowest BCUT2D eigenvalue weighted by atomic mass is 10.1. The van der Waals surface area contributed by atoms with Gasteiger partial charge < -0.3 is 14.7 Å². The van der Waals surface area contributed by atoms with Gasteiger partial charge in [0.15, 0.2) is 0 Å². The number of ether oxygens (including phenoxy) is 1. The molecule has 0 unspecified atom stereocenters. The number of hydrogen-bond acceptors (Lipinski definition) is 4. The summed E-state index contributed by atoms with van der Waals surface area (Å²) in [6.45, 7) is 3.76. The second-order valence-electron chi connectivity index (χ2n) is 6.21. The van der Waals surface area contributed by atoms with Crippen LogP contribution in [0.25, 0.3) is 6.08 Å². The maximum atomic E-state index is 12.9. The zero-order chi connectivity index (χ0) is 20.5. The van der Waals surface area contributed by atoms with E-state index in [9.17, 15) is 14.4 Å². The molecule has 0 aromatic heterocycles. The van der Waals surface area contributed by atoms with Crippen LogP contribution >= 0.6 is 0 Å². The summed E-state index contributed by atoms with van der Waals surface area (Å²) in [5.74, 6) is -1.77. The molecule has 6 heteroatoms. The van der Waals surface area contributed by atoms with E-state index in [1.165, 1.54) is 17.0 Å². The van der Waals surface area contributed by atoms with Crippen LogP contribution in [0.4, 0.5) is 0 Å². The highest BCUT2D eigenvalue weighted by Gasteiger charge is 2.19. The van der Waals surface area contributed by atoms with Crippen molar-refractivity contribution in [3.63, 3.8) is 0 Å². The van der Waals surface area contributed by atoms with E-state index >= 15 is 0 Å². The number of carboxylic acid groups (broad SMARTS) is 1. The largest absolute Gasteiger partial charge is 0.478 e. The van der Waals surface area contributed by atoms with Gasteiger partial charge in [0.25, 0.3) is 0 Å². The Kier molecular flexibility index (Phi) is 7.51. The molecule has 2 rings (SSSR count). The Labute approximate surface area is 164 Å². The van der Waals surface area contributed by atoms with Gasteiger partial charge in [0.05, 0.1) is 12.2 Å². The minimum atomic E-state index is -1.01. The first-order valence-electron chi connectivity index (χ1n) is 8.91. The third-order valence-corrected chi connectivity index (χ3v) is 4.01. The minimum absolute atomic E-state index is 0.148. The Morgan fingerprint density at radius 1 is 1.04 bits per heavy atom. The lowest BCUT2D eigenvalue weighted by molar-refractivity contribution is -0.148. The third-order valence-electron chi connectivity index (χ3n) is 4.01. The summed E-state index contributed by atoms with van der Waals surface area (Å²) in [6, 6.07) is 15.6. The topological polar surface area (TPSA) is 83.9 Å². The van der Waals surface area contributed by atoms with Crippen LogP contribution in [-0.4, -0.2) is 41.0 Å². The fourth-order valence-corrected chi connectivity index (χ4v) is 2.65. The Balaban J connectivity index is 2.20. The van der Waals surface area contributed by atoms with Crippen LogP contribution in [0.3, 0.4) is 0 Å². The summed E-state index contributed by atoms with van der Waals surface area (Å²) in [5.41, 5.74) is 2.21. The monoisotopic (exact) mass is 381 g/mol. The molecule has 6 nitrogen and oxygen atoms in total. The molecule has 1 N–H and O–H groups in total. The molecule has 0 spiro atoms. The number of esters is 1. The lowest BCUT2D eigenvalue weighted by Gasteiger charge is -2.22. The summed E-state index contributed by atoms with van der Waals surface area (Å²) < 4.78 is 4.99. The zero-order valence-corrected chi connectivity index (χ0v) is 15.9. The molecule has 0 saturated carbocycles. The predicted molar refractivity (Wildman–Crippen MR) is 106 cm³/mol. The van der Waals surface area contributed by atoms with Crippen LogP contribution in [0.15, 0.2) is 60.2 Å². The highest BCUT2D eigenvalue weighted by atomic mass is 16.5. The van der Waals surface area contributed by atoms with Gasteiger partial charge in [-0.3, -0.25) is 9.59 Å². The van der Waals surface area contributed by atoms with Gasteiger partial charge in [0.2, 0.25) is 5.91 Å². The van der Waals surface area contributed by atoms with Crippen molar-refractivity contribution in [1.29, 1.82) is 0 Å². The Hall–Kier alpha value is -3.41. The van der Waals surface area contributed by atoms with Crippen molar-refractivity contribution >= 4 is 23.9 Å². The summed E-state index contributed by atoms with van der Waals surface area (Å²) in [5, 5.41) is 8.97. The van der Waals surface area contributed by atoms with Crippen molar-refractivity contribution in [1.82, 2.24) is 4.90 Å². The fraction of sp³-hybridized carbons (Fsp3) is 0.227. The molecule has 0 radical (unpaired) electrons. The molecule has 0 heterocycles. The van der Waals surface area contributed by atoms with E-state index in [-0.39, 0.29) is 31.2 Å². The zero-order valence-electron chi connectivity index (χ0n) is 15.9. The minimum Gasteiger partial charge on any atom is -0.478 e. The van der Waals surface area contributed by atoms with Crippen LogP contribution in [-0.2, 0) is 20.9 Å². The molecular formula is C22H23NO5. The second-order valence-corrected chi connectivity index (χ2v) is 6.21. The quantitative estimate of drug-likeness (QED) is 0.560. The summed E-state index contributed by atoms with van der Waals surface area (Å²) in [7, 11) is 0. The lowest BCUT2D eigenvalue weighted by Crippen LogP contribution is -2.36. The number of carbonyl (C=O) groups excluding carboxylic acids is 2. The van der Waals surface area contributed by atoms with Crippen LogP contribution in [0.5, 0.6) is 0 Å². The smallest absolute Gasteiger partial charge is 0.335 e. The SMILES string of the molecule is CCOC(=O)CN(Cc1ccccc1)C(=O)/C(C)=C/c1ccc(C(=O)O)cc1. The first-order valence-corrected chi connectivity index (χ1v) is 8.91. The number of carbonyl (C=O) groups is 3. The number of amides is 1. The average molecular weight is 381 g/mol. The number of aromatic carboxylic acids is 1. The van der Waals surface area contributed by atoms with Gasteiger partial charge >= 0.3 is 11.9 Å². The van der Waals surface area contributed by atoms with Crippen molar-refractivity contribution < 1.29 is 24.2 Å². The molecule has 2 aromatic rings. The van der Waals surface area contributed by atoms with Gasteiger partial charge in [-0.2, -0.15) is 0 Å². The number of benzene rings is 2. The van der Waals surface area contributed by atoms with Crippen molar-refractivity contribution in [3.8, 4) is 0 Å². The Morgan fingerprint density at radius 3 is 2.25 bits per heavy atom. The number of rotatable bonds is 8. The van der Waals surface area contributed by atoms with E-state index in [0.717, 1.165) is 5.56 Å². The van der Waals surface area contributed by atoms with Crippen molar-refractivity contribution in [2.24, 2.45) is 0 Å². The molecule has 0 saturated heterocycles. The molecule has 0 atom stereocenters. The summed E-state index contributed by atoms with van der Waals surface area (Å²) in [6.07, 6.45) is 1.66. The summed E-state index contributed by atoms with van der Waals surface area (Å²) >= 11 is 0. The van der Waals surface area contributed by atoms with Crippen molar-refractivity contribution in [2.45, 2.75) is 20.4 Å². The van der Waals surface area contributed by atoms with Crippen molar-refractivity contribution in [3.05, 3.63) is 76.9 Å². The highest BCUT2D eigenvalue weighted by molar-refractivity contribution is 5.98. The third kappa shape index (κ3) is 6.09. The Bertz CT molecular complexity index is 856. The van der Waals surface area contributed by atoms with Gasteiger partial charge in [-0.1, -0.05) is 42.5 Å². The van der Waals surface area contributed by atoms with E-state index < -0.39 is 11.9 Å². The second kappa shape index (κ2) is 10.1. The van der Waals surface area contributed by atoms with E-state index in [2.05, 4.69) is 0 Å². The molecule has 0 aliphatic heterocycles. The molecule has 1 amide bonds. The van der Waals surface area contributed by atoms with Gasteiger partial charge in [-0.15, -0.1) is 0 Å². The maximum absolute atomic E-state index is 12.9. The fourth-order valence-electron chi connectivity index (χ4n) is 2.65. The molecule has 0 bridgehead atoms. The van der Waals surface area contributed by atoms with Gasteiger partial charge in [0.1, 0.15) is 6.54 Å². The van der Waals surface area contributed by atoms with E-state index in [1.54, 1.807) is 32.1 Å². The van der Waals surface area contributed by atoms with Gasteiger partial charge in [0, 0.05) is 12.1 Å². The molecule has 0 aliphatic rings. The first kappa shape index (κ1) is 20.9. The molecule has 2 aromatic carbocycles. The maximum Gasteiger partial charge on any atom is 0.335 e. The van der Waals surface area contributed by atoms with Crippen LogP contribution in [0.2, 0.25) is 0 Å². The number of carboxylic acids is 1. The number of hydrogen-bond donors (Lipinski definition) is 1. The number of nitrogens with zero attached hydrogens (tertiary/aromatic N) is 1. The molecule has 0 fully saturated rings. The normalized spacial score (nSPS) is 11.0. The van der Waals surface area contributed by atoms with E-state index in [1.807, 2.05) is 30.3 Å². The molecular weight excluding hydrogens is 358 g/mol. The van der Waals surface area contributed by atoms with E-state index in [0.29, 0.717) is 11.1 Å². The molecule has 0 aliphatic carbocycles. The molecule has 146 valence electrons. The van der Waals surface area contributed by atoms with E-state index in [4.69, 9.17) is 9.84 Å². The first-order chi connectivity index (χ1) is 13.4. The highest BCUT2D eigenvalue weighted by Crippen LogP contribution is 2.13. The predicted octanol–water partition coefficient (Wildman–Crippen LogP) is 3.38. The van der Waals surface area contributed by atoms with Crippen LogP contribution < -0.4 is 0 Å². The molecule has 28 heavy (non-hydrogen) atoms. The van der Waals surface area contributed by atoms with Gasteiger partial charge in [-0.25, -0.2) is 4.79 Å². The van der Waals surface area contributed by atoms with Crippen molar-refractivity contribution in [2.75, 3.05) is 13.2 Å². The standard InChI is InChI=1S/C22H23NO5/c1-3-28-20(24)15-23(14-18-7-5-4-6-8-18)21(25)16(2)13-17-9-11-19(12-10-17)22(26)27/h4-13H,3,14-15H2,1-2H3,(H,26,27)/b16-13+.